The van der Waals surface area contributed by atoms with E-state index in [0.29, 0.717) is 18.6 Å². The fourth-order valence-electron chi connectivity index (χ4n) is 2.68. The number of anilines is 1. The molecule has 7 heteroatoms. The molecular weight excluding hydrogens is 292 g/mol. The monoisotopic (exact) mass is 307 g/mol. The standard InChI is InChI=1S/C15H15F2N3O2/c1-9-8-18-14(22-9)19-13(21)20-15(6-3-7-15)12-10(16)4-2-5-11(12)17/h2,4-5,8H,3,6-7H2,1H3,(H2,18,19,20,21). The molecule has 1 heterocycles. The summed E-state index contributed by atoms with van der Waals surface area (Å²) in [6.45, 7) is 1.69. The first-order valence-electron chi connectivity index (χ1n) is 6.96. The third-order valence-corrected chi connectivity index (χ3v) is 3.84. The Labute approximate surface area is 125 Å². The van der Waals surface area contributed by atoms with Crippen molar-refractivity contribution in [2.45, 2.75) is 31.7 Å². The van der Waals surface area contributed by atoms with Crippen LogP contribution in [0.2, 0.25) is 0 Å². The molecule has 2 aromatic rings. The molecule has 0 unspecified atom stereocenters. The summed E-state index contributed by atoms with van der Waals surface area (Å²) in [5, 5.41) is 5.08. The molecule has 1 saturated carbocycles. The number of hydrogen-bond acceptors (Lipinski definition) is 3. The molecule has 116 valence electrons. The molecule has 1 aliphatic rings. The number of amides is 2. The number of nitrogens with one attached hydrogen (secondary N) is 2. The molecule has 0 spiro atoms. The minimum atomic E-state index is -1.03. The topological polar surface area (TPSA) is 67.2 Å². The number of hydrogen-bond donors (Lipinski definition) is 2. The number of aryl methyl sites for hydroxylation is 1. The van der Waals surface area contributed by atoms with Gasteiger partial charge in [-0.2, -0.15) is 0 Å². The molecule has 22 heavy (non-hydrogen) atoms. The third-order valence-electron chi connectivity index (χ3n) is 3.84. The van der Waals surface area contributed by atoms with E-state index in [9.17, 15) is 13.6 Å². The van der Waals surface area contributed by atoms with Gasteiger partial charge in [0.05, 0.1) is 11.7 Å². The zero-order valence-corrected chi connectivity index (χ0v) is 12.0. The predicted octanol–water partition coefficient (Wildman–Crippen LogP) is 3.46. The van der Waals surface area contributed by atoms with Gasteiger partial charge in [0, 0.05) is 5.56 Å². The summed E-state index contributed by atoms with van der Waals surface area (Å²) in [6, 6.07) is 3.11. The molecule has 0 atom stereocenters. The van der Waals surface area contributed by atoms with Crippen LogP contribution in [0.15, 0.2) is 28.8 Å². The second kappa shape index (κ2) is 5.40. The van der Waals surface area contributed by atoms with E-state index in [1.165, 1.54) is 24.4 Å². The van der Waals surface area contributed by atoms with Gasteiger partial charge < -0.3 is 9.73 Å². The van der Waals surface area contributed by atoms with Gasteiger partial charge in [0.25, 0.3) is 0 Å². The van der Waals surface area contributed by atoms with E-state index in [4.69, 9.17) is 4.42 Å². The highest BCUT2D eigenvalue weighted by molar-refractivity contribution is 5.87. The molecule has 1 aliphatic carbocycles. The summed E-state index contributed by atoms with van der Waals surface area (Å²) in [5.41, 5.74) is -1.12. The summed E-state index contributed by atoms with van der Waals surface area (Å²) >= 11 is 0. The van der Waals surface area contributed by atoms with Gasteiger partial charge in [-0.1, -0.05) is 6.07 Å². The van der Waals surface area contributed by atoms with Gasteiger partial charge in [0.2, 0.25) is 0 Å². The summed E-state index contributed by atoms with van der Waals surface area (Å²) in [5.74, 6) is -0.771. The van der Waals surface area contributed by atoms with E-state index in [1.807, 2.05) is 0 Å². The smallest absolute Gasteiger partial charge is 0.323 e. The van der Waals surface area contributed by atoms with E-state index in [1.54, 1.807) is 6.92 Å². The van der Waals surface area contributed by atoms with Crippen LogP contribution >= 0.6 is 0 Å². The SMILES string of the molecule is Cc1cnc(NC(=O)NC2(c3c(F)cccc3F)CCC2)o1. The van der Waals surface area contributed by atoms with Crippen molar-refractivity contribution in [2.24, 2.45) is 0 Å². The third kappa shape index (κ3) is 2.54. The second-order valence-corrected chi connectivity index (χ2v) is 5.39. The van der Waals surface area contributed by atoms with Crippen LogP contribution < -0.4 is 10.6 Å². The van der Waals surface area contributed by atoms with E-state index in [2.05, 4.69) is 15.6 Å². The van der Waals surface area contributed by atoms with Gasteiger partial charge in [0.1, 0.15) is 17.4 Å². The molecule has 5 nitrogen and oxygen atoms in total. The number of rotatable bonds is 3. The molecule has 2 amide bonds. The Hall–Kier alpha value is -2.44. The zero-order chi connectivity index (χ0) is 15.7. The first-order chi connectivity index (χ1) is 10.5. The van der Waals surface area contributed by atoms with Crippen molar-refractivity contribution in [1.82, 2.24) is 10.3 Å². The van der Waals surface area contributed by atoms with E-state index in [0.717, 1.165) is 6.42 Å². The number of benzene rings is 1. The first-order valence-corrected chi connectivity index (χ1v) is 6.96. The van der Waals surface area contributed by atoms with E-state index >= 15 is 0 Å². The minimum Gasteiger partial charge on any atom is -0.429 e. The lowest BCUT2D eigenvalue weighted by atomic mass is 9.71. The number of carbonyl (C=O) groups is 1. The molecule has 1 fully saturated rings. The lowest BCUT2D eigenvalue weighted by Crippen LogP contribution is -2.53. The van der Waals surface area contributed by atoms with Crippen molar-refractivity contribution in [1.29, 1.82) is 0 Å². The van der Waals surface area contributed by atoms with Crippen LogP contribution in [-0.4, -0.2) is 11.0 Å². The molecule has 0 bridgehead atoms. The molecule has 0 radical (unpaired) electrons. The van der Waals surface area contributed by atoms with Crippen molar-refractivity contribution in [3.63, 3.8) is 0 Å². The molecule has 2 N–H and O–H groups in total. The summed E-state index contributed by atoms with van der Waals surface area (Å²) in [7, 11) is 0. The van der Waals surface area contributed by atoms with Gasteiger partial charge in [-0.3, -0.25) is 5.32 Å². The van der Waals surface area contributed by atoms with Crippen LogP contribution in [0, 0.1) is 18.6 Å². The Balaban J connectivity index is 1.80. The lowest BCUT2D eigenvalue weighted by Gasteiger charge is -2.43. The Kier molecular flexibility index (Phi) is 3.56. The molecule has 0 aliphatic heterocycles. The maximum atomic E-state index is 14.0. The Morgan fingerprint density at radius 2 is 2.00 bits per heavy atom. The highest BCUT2D eigenvalue weighted by atomic mass is 19.1. The Morgan fingerprint density at radius 1 is 1.32 bits per heavy atom. The largest absolute Gasteiger partial charge is 0.429 e. The average Bonchev–Trinajstić information content (AvgIpc) is 2.80. The maximum absolute atomic E-state index is 14.0. The van der Waals surface area contributed by atoms with Crippen LogP contribution in [0.1, 0.15) is 30.6 Å². The number of nitrogens with zero attached hydrogens (tertiary/aromatic N) is 1. The van der Waals surface area contributed by atoms with Gasteiger partial charge in [-0.05, 0) is 38.3 Å². The predicted molar refractivity (Wildman–Crippen MR) is 75.3 cm³/mol. The normalized spacial score (nSPS) is 16.0. The number of carbonyl (C=O) groups excluding carboxylic acids is 1. The van der Waals surface area contributed by atoms with Crippen LogP contribution in [-0.2, 0) is 5.54 Å². The average molecular weight is 307 g/mol. The number of halogens is 2. The van der Waals surface area contributed by atoms with E-state index in [-0.39, 0.29) is 11.6 Å². The lowest BCUT2D eigenvalue weighted by molar-refractivity contribution is 0.175. The second-order valence-electron chi connectivity index (χ2n) is 5.39. The fourth-order valence-corrected chi connectivity index (χ4v) is 2.68. The van der Waals surface area contributed by atoms with Gasteiger partial charge in [0.15, 0.2) is 0 Å². The van der Waals surface area contributed by atoms with Crippen molar-refractivity contribution < 1.29 is 18.0 Å². The summed E-state index contributed by atoms with van der Waals surface area (Å²) < 4.78 is 33.2. The first kappa shape index (κ1) is 14.5. The van der Waals surface area contributed by atoms with Crippen LogP contribution in [0.4, 0.5) is 19.6 Å². The summed E-state index contributed by atoms with van der Waals surface area (Å²) in [4.78, 5) is 15.9. The molecule has 3 rings (SSSR count). The highest BCUT2D eigenvalue weighted by Gasteiger charge is 2.44. The van der Waals surface area contributed by atoms with E-state index < -0.39 is 23.2 Å². The molecule has 1 aromatic carbocycles. The molecule has 0 saturated heterocycles. The quantitative estimate of drug-likeness (QED) is 0.912. The number of oxazole rings is 1. The zero-order valence-electron chi connectivity index (χ0n) is 12.0. The van der Waals surface area contributed by atoms with Gasteiger partial charge >= 0.3 is 12.0 Å². The number of urea groups is 1. The Morgan fingerprint density at radius 3 is 2.50 bits per heavy atom. The van der Waals surface area contributed by atoms with Crippen LogP contribution in [0.25, 0.3) is 0 Å². The van der Waals surface area contributed by atoms with Crippen molar-refractivity contribution in [3.8, 4) is 0 Å². The van der Waals surface area contributed by atoms with Crippen molar-refractivity contribution in [2.75, 3.05) is 5.32 Å². The summed E-state index contributed by atoms with van der Waals surface area (Å²) in [6.07, 6.45) is 3.20. The molecule has 1 aromatic heterocycles. The van der Waals surface area contributed by atoms with Crippen molar-refractivity contribution in [3.05, 3.63) is 47.4 Å². The highest BCUT2D eigenvalue weighted by Crippen LogP contribution is 2.43. The van der Waals surface area contributed by atoms with Gasteiger partial charge in [-0.25, -0.2) is 18.6 Å². The van der Waals surface area contributed by atoms with Gasteiger partial charge in [-0.15, -0.1) is 0 Å². The minimum absolute atomic E-state index is 0.0403. The number of aromatic nitrogens is 1. The van der Waals surface area contributed by atoms with Crippen LogP contribution in [0.3, 0.4) is 0 Å². The maximum Gasteiger partial charge on any atom is 0.323 e. The molecular formula is C15H15F2N3O2. The fraction of sp³-hybridized carbons (Fsp3) is 0.333. The Bertz CT molecular complexity index is 690. The van der Waals surface area contributed by atoms with Crippen LogP contribution in [0.5, 0.6) is 0 Å². The van der Waals surface area contributed by atoms with Crippen molar-refractivity contribution >= 4 is 12.0 Å².